The number of para-hydroxylation sites is 2. The van der Waals surface area contributed by atoms with E-state index in [9.17, 15) is 0 Å². The lowest BCUT2D eigenvalue weighted by Gasteiger charge is -2.39. The van der Waals surface area contributed by atoms with Crippen LogP contribution in [0.1, 0.15) is 51.4 Å². The number of halogens is 4. The van der Waals surface area contributed by atoms with Crippen molar-refractivity contribution < 1.29 is 33.5 Å². The number of ether oxygens (including phenoxy) is 2. The van der Waals surface area contributed by atoms with Crippen molar-refractivity contribution in [2.45, 2.75) is 75.5 Å². The minimum Gasteiger partial charge on any atom is -1.00 e. The summed E-state index contributed by atoms with van der Waals surface area (Å²) in [7, 11) is 0. The Morgan fingerprint density at radius 1 is 0.620 bits per heavy atom. The van der Waals surface area contributed by atoms with E-state index in [-0.39, 0.29) is 48.8 Å². The number of hydrogen-bond acceptors (Lipinski definition) is 10. The molecule has 2 saturated heterocycles. The summed E-state index contributed by atoms with van der Waals surface area (Å²) >= 11 is 5.81. The molecular formula is C36H51Cl3IN8O2-. The van der Waals surface area contributed by atoms with Crippen LogP contribution >= 0.6 is 36.4 Å². The Balaban J connectivity index is 0.000000214. The van der Waals surface area contributed by atoms with E-state index >= 15 is 0 Å². The first kappa shape index (κ1) is 42.7. The van der Waals surface area contributed by atoms with Gasteiger partial charge in [0, 0.05) is 61.1 Å². The number of nitrogens with zero attached hydrogens (tertiary/aromatic N) is 6. The summed E-state index contributed by atoms with van der Waals surface area (Å²) < 4.78 is 10.8. The molecule has 2 aromatic heterocycles. The molecular weight excluding hydrogens is 810 g/mol. The largest absolute Gasteiger partial charge is 1.00 e. The van der Waals surface area contributed by atoms with Gasteiger partial charge in [0.05, 0.1) is 37.5 Å². The van der Waals surface area contributed by atoms with Gasteiger partial charge < -0.3 is 44.5 Å². The smallest absolute Gasteiger partial charge is 0.140 e. The molecule has 0 amide bonds. The van der Waals surface area contributed by atoms with E-state index in [4.69, 9.17) is 26.8 Å². The Morgan fingerprint density at radius 2 is 1.08 bits per heavy atom. The minimum absolute atomic E-state index is 0. The van der Waals surface area contributed by atoms with Crippen molar-refractivity contribution in [1.82, 2.24) is 29.7 Å². The van der Waals surface area contributed by atoms with E-state index < -0.39 is 0 Å². The van der Waals surface area contributed by atoms with E-state index in [1.54, 1.807) is 6.33 Å². The van der Waals surface area contributed by atoms with E-state index in [1.807, 2.05) is 42.5 Å². The maximum Gasteiger partial charge on any atom is 0.140 e. The van der Waals surface area contributed by atoms with Gasteiger partial charge in [-0.2, -0.15) is 0 Å². The number of aromatic nitrogens is 4. The topological polar surface area (TPSA) is 115 Å². The van der Waals surface area contributed by atoms with Crippen LogP contribution in [-0.4, -0.2) is 107 Å². The third kappa shape index (κ3) is 12.2. The maximum atomic E-state index is 5.88. The van der Waals surface area contributed by atoms with Crippen LogP contribution in [0.25, 0.3) is 21.8 Å². The quantitative estimate of drug-likeness (QED) is 0.234. The second-order valence-corrected chi connectivity index (χ2v) is 13.3. The van der Waals surface area contributed by atoms with Crippen molar-refractivity contribution in [1.29, 1.82) is 0 Å². The number of nitrogens with one attached hydrogen (secondary N) is 1. The Hall–Kier alpha value is -1.68. The SMILES string of the molecule is Cl.Cl.Clc1ncnc2ccccc12.NC1CCC(N2CCOCC2)CC1.[I-].c1ccc2c(NC3CCC(N4CCOCC4)CC3)ncnc2c1. The van der Waals surface area contributed by atoms with E-state index in [2.05, 4.69) is 41.1 Å². The molecule has 2 aliphatic carbocycles. The molecule has 14 heteroatoms. The van der Waals surface area contributed by atoms with Gasteiger partial charge in [-0.15, -0.1) is 24.8 Å². The van der Waals surface area contributed by atoms with E-state index in [0.717, 1.165) is 92.3 Å². The number of fused-ring (bicyclic) bond motifs is 2. The average Bonchev–Trinajstić information content (AvgIpc) is 3.14. The fraction of sp³-hybridized carbons (Fsp3) is 0.556. The Labute approximate surface area is 330 Å². The normalized spacial score (nSPS) is 24.1. The first-order chi connectivity index (χ1) is 23.1. The van der Waals surface area contributed by atoms with E-state index in [0.29, 0.717) is 17.2 Å². The highest BCUT2D eigenvalue weighted by molar-refractivity contribution is 6.33. The molecule has 0 spiro atoms. The molecule has 4 aromatic rings. The van der Waals surface area contributed by atoms with Gasteiger partial charge in [0.25, 0.3) is 0 Å². The van der Waals surface area contributed by atoms with Crippen molar-refractivity contribution in [3.05, 3.63) is 66.3 Å². The first-order valence-electron chi connectivity index (χ1n) is 17.3. The number of anilines is 1. The molecule has 4 aliphatic rings. The third-order valence-corrected chi connectivity index (χ3v) is 10.2. The maximum absolute atomic E-state index is 5.88. The van der Waals surface area contributed by atoms with Gasteiger partial charge in [-0.1, -0.05) is 35.9 Å². The number of morpholine rings is 2. The first-order valence-corrected chi connectivity index (χ1v) is 17.7. The van der Waals surface area contributed by atoms with Gasteiger partial charge in [-0.3, -0.25) is 9.80 Å². The zero-order chi connectivity index (χ0) is 32.3. The number of hydrogen-bond donors (Lipinski definition) is 2. The van der Waals surface area contributed by atoms with Crippen molar-refractivity contribution in [3.8, 4) is 0 Å². The summed E-state index contributed by atoms with van der Waals surface area (Å²) in [6, 6.07) is 18.4. The molecule has 4 fully saturated rings. The molecule has 4 heterocycles. The molecule has 0 bridgehead atoms. The van der Waals surface area contributed by atoms with Crippen molar-refractivity contribution in [3.63, 3.8) is 0 Å². The van der Waals surface area contributed by atoms with Crippen LogP contribution < -0.4 is 35.0 Å². The summed E-state index contributed by atoms with van der Waals surface area (Å²) in [5, 5.41) is 6.18. The molecule has 2 aromatic carbocycles. The number of benzene rings is 2. The molecule has 0 atom stereocenters. The van der Waals surface area contributed by atoms with Crippen LogP contribution in [0.2, 0.25) is 5.15 Å². The highest BCUT2D eigenvalue weighted by Crippen LogP contribution is 2.28. The molecule has 276 valence electrons. The summed E-state index contributed by atoms with van der Waals surface area (Å²) in [4.78, 5) is 21.9. The number of nitrogens with two attached hydrogens (primary N) is 1. The van der Waals surface area contributed by atoms with Crippen LogP contribution in [0, 0.1) is 0 Å². The summed E-state index contributed by atoms with van der Waals surface area (Å²) in [6.07, 6.45) is 13.1. The van der Waals surface area contributed by atoms with Crippen molar-refractivity contribution in [2.24, 2.45) is 5.73 Å². The summed E-state index contributed by atoms with van der Waals surface area (Å²) in [5.74, 6) is 0.977. The lowest BCUT2D eigenvalue weighted by molar-refractivity contribution is -0.0000179. The standard InChI is InChI=1S/C18H24N4O.C10H20N2O.C8H5ClN2.2ClH.HI/c1-2-4-17-16(3-1)18(20-13-19-17)21-14-5-7-15(8-6-14)22-9-11-23-12-10-22;11-9-1-3-10(4-2-9)12-5-7-13-8-6-12;9-8-6-3-1-2-4-7(6)10-5-11-8;;;/h1-4,13-15H,5-12H2,(H,19,20,21);9-10H,1-8,11H2;1-5H;3*1H/p-1. The van der Waals surface area contributed by atoms with Gasteiger partial charge in [0.15, 0.2) is 0 Å². The average molecular weight is 861 g/mol. The fourth-order valence-electron chi connectivity index (χ4n) is 7.22. The Bertz CT molecular complexity index is 1520. The molecule has 8 rings (SSSR count). The second kappa shape index (κ2) is 22.4. The summed E-state index contributed by atoms with van der Waals surface area (Å²) in [6.45, 7) is 8.07. The zero-order valence-corrected chi connectivity index (χ0v) is 33.1. The van der Waals surface area contributed by atoms with Crippen LogP contribution in [0.4, 0.5) is 5.82 Å². The monoisotopic (exact) mass is 859 g/mol. The van der Waals surface area contributed by atoms with Crippen molar-refractivity contribution >= 4 is 64.0 Å². The summed E-state index contributed by atoms with van der Waals surface area (Å²) in [5.41, 5.74) is 7.77. The molecule has 2 aliphatic heterocycles. The molecule has 2 saturated carbocycles. The molecule has 10 nitrogen and oxygen atoms in total. The number of rotatable bonds is 4. The van der Waals surface area contributed by atoms with Crippen LogP contribution in [0.3, 0.4) is 0 Å². The fourth-order valence-corrected chi connectivity index (χ4v) is 7.43. The highest BCUT2D eigenvalue weighted by atomic mass is 127. The Kier molecular flexibility index (Phi) is 19.1. The highest BCUT2D eigenvalue weighted by Gasteiger charge is 2.27. The molecule has 0 radical (unpaired) electrons. The zero-order valence-electron chi connectivity index (χ0n) is 28.5. The molecule has 0 unspecified atom stereocenters. The molecule has 50 heavy (non-hydrogen) atoms. The molecule has 3 N–H and O–H groups in total. The van der Waals surface area contributed by atoms with Crippen molar-refractivity contribution in [2.75, 3.05) is 57.9 Å². The van der Waals surface area contributed by atoms with Crippen LogP contribution in [-0.2, 0) is 9.47 Å². The van der Waals surface area contributed by atoms with Gasteiger partial charge in [-0.25, -0.2) is 19.9 Å². The third-order valence-electron chi connectivity index (χ3n) is 9.94. The van der Waals surface area contributed by atoms with Gasteiger partial charge >= 0.3 is 0 Å². The van der Waals surface area contributed by atoms with Crippen LogP contribution in [0.15, 0.2) is 61.2 Å². The lowest BCUT2D eigenvalue weighted by Crippen LogP contribution is -3.00. The van der Waals surface area contributed by atoms with E-state index in [1.165, 1.54) is 57.7 Å². The Morgan fingerprint density at radius 3 is 1.62 bits per heavy atom. The van der Waals surface area contributed by atoms with Crippen LogP contribution in [0.5, 0.6) is 0 Å². The van der Waals surface area contributed by atoms with Gasteiger partial charge in [0.1, 0.15) is 23.6 Å². The predicted molar refractivity (Wildman–Crippen MR) is 203 cm³/mol. The minimum atomic E-state index is 0. The van der Waals surface area contributed by atoms with Gasteiger partial charge in [0.2, 0.25) is 0 Å². The predicted octanol–water partition coefficient (Wildman–Crippen LogP) is 3.40. The lowest BCUT2D eigenvalue weighted by atomic mass is 9.90. The van der Waals surface area contributed by atoms with Gasteiger partial charge in [-0.05, 0) is 75.6 Å². The second-order valence-electron chi connectivity index (χ2n) is 12.9.